The molecule has 5 amide bonds. The molecule has 0 unspecified atom stereocenters. The summed E-state index contributed by atoms with van der Waals surface area (Å²) in [6, 6.07) is 4.71. The lowest BCUT2D eigenvalue weighted by Crippen LogP contribution is -2.51. The van der Waals surface area contributed by atoms with Gasteiger partial charge in [0.05, 0.1) is 54.5 Å². The van der Waals surface area contributed by atoms with Gasteiger partial charge in [-0.05, 0) is 120 Å². The lowest BCUT2D eigenvalue weighted by molar-refractivity contribution is -0.144. The molecule has 8 rings (SSSR count). The first-order chi connectivity index (χ1) is 36.2. The summed E-state index contributed by atoms with van der Waals surface area (Å²) in [7, 11) is 3.40. The standard InChI is InChI=1S/C55H79F3N8O9/c1-65-49(68)30-44(50(65)37-7-5-22-59-32-37)52(70)61-24-28-75-43-15-13-42(14-16-43)74-26-6-8-48(67)64-40-11-9-36(10-12-40)51(69)60-23-4-3-20-54(21-17-41(31-54)63-46-19-27-73-35-47(46)72-2)53(71)66-25-18-45-38(34-66)29-39(33-62-45)55(56,57)58/h5,7,22,29,32-33,36,40-44,46-47,50,63H,3-4,6,8-21,23-28,30-31,34-35H2,1-2H3,(H,60,69)(H,61,70)(H,64,67)/t36-,40-,41-,42-,43-,44+,46+,47-,50-,54+/m1/s1. The van der Waals surface area contributed by atoms with Gasteiger partial charge in [0.2, 0.25) is 29.5 Å². The highest BCUT2D eigenvalue weighted by Crippen LogP contribution is 2.46. The van der Waals surface area contributed by atoms with E-state index >= 15 is 0 Å². The number of carbonyl (C=O) groups is 5. The van der Waals surface area contributed by atoms with Crippen molar-refractivity contribution in [3.63, 3.8) is 0 Å². The largest absolute Gasteiger partial charge is 0.417 e. The molecule has 0 spiro atoms. The van der Waals surface area contributed by atoms with Crippen molar-refractivity contribution in [3.8, 4) is 0 Å². The maximum Gasteiger partial charge on any atom is 0.417 e. The number of unbranched alkanes of at least 4 members (excludes halogenated alkanes) is 1. The zero-order chi connectivity index (χ0) is 53.0. The number of aromatic nitrogens is 2. The van der Waals surface area contributed by atoms with Crippen LogP contribution in [0.5, 0.6) is 0 Å². The molecule has 17 nitrogen and oxygen atoms in total. The van der Waals surface area contributed by atoms with Crippen molar-refractivity contribution in [2.75, 3.05) is 60.2 Å². The summed E-state index contributed by atoms with van der Waals surface area (Å²) in [5.74, 6) is -0.829. The number of rotatable bonds is 22. The minimum Gasteiger partial charge on any atom is -0.379 e. The number of pyridine rings is 2. The van der Waals surface area contributed by atoms with E-state index in [9.17, 15) is 37.1 Å². The number of likely N-dealkylation sites (tertiary alicyclic amines) is 1. The molecule has 5 fully saturated rings. The van der Waals surface area contributed by atoms with Crippen molar-refractivity contribution in [2.24, 2.45) is 17.3 Å². The van der Waals surface area contributed by atoms with Crippen molar-refractivity contribution < 1.29 is 56.1 Å². The maximum absolute atomic E-state index is 14.6. The van der Waals surface area contributed by atoms with Gasteiger partial charge in [0.15, 0.2) is 0 Å². The van der Waals surface area contributed by atoms with E-state index < -0.39 is 23.1 Å². The Morgan fingerprint density at radius 3 is 2.39 bits per heavy atom. The molecule has 3 aliphatic carbocycles. The van der Waals surface area contributed by atoms with Gasteiger partial charge >= 0.3 is 6.18 Å². The van der Waals surface area contributed by atoms with Crippen LogP contribution in [-0.4, -0.2) is 146 Å². The van der Waals surface area contributed by atoms with Crippen molar-refractivity contribution in [1.29, 1.82) is 0 Å². The molecule has 2 aromatic rings. The molecule has 6 atom stereocenters. The van der Waals surface area contributed by atoms with Crippen LogP contribution in [0.1, 0.15) is 144 Å². The van der Waals surface area contributed by atoms with E-state index in [1.54, 1.807) is 36.4 Å². The Hall–Kier alpha value is -4.76. The first-order valence-corrected chi connectivity index (χ1v) is 27.6. The topological polar surface area (TPSA) is 203 Å². The monoisotopic (exact) mass is 1050 g/mol. The summed E-state index contributed by atoms with van der Waals surface area (Å²) in [4.78, 5) is 77.9. The molecule has 414 valence electrons. The highest BCUT2D eigenvalue weighted by molar-refractivity contribution is 5.90. The lowest BCUT2D eigenvalue weighted by Gasteiger charge is -2.38. The molecule has 5 heterocycles. The summed E-state index contributed by atoms with van der Waals surface area (Å²) < 4.78 is 64.4. The van der Waals surface area contributed by atoms with E-state index in [1.807, 2.05) is 12.1 Å². The van der Waals surface area contributed by atoms with Crippen LogP contribution < -0.4 is 21.3 Å². The molecule has 3 aliphatic heterocycles. The molecule has 75 heavy (non-hydrogen) atoms. The highest BCUT2D eigenvalue weighted by atomic mass is 19.4. The number of fused-ring (bicyclic) bond motifs is 1. The van der Waals surface area contributed by atoms with Gasteiger partial charge in [-0.1, -0.05) is 12.5 Å². The van der Waals surface area contributed by atoms with E-state index in [0.717, 1.165) is 69.2 Å². The normalized spacial score (nSPS) is 29.2. The number of methoxy groups -OCH3 is 1. The summed E-state index contributed by atoms with van der Waals surface area (Å²) >= 11 is 0. The second-order valence-electron chi connectivity index (χ2n) is 21.9. The summed E-state index contributed by atoms with van der Waals surface area (Å²) in [5, 5.41) is 13.0. The van der Waals surface area contributed by atoms with Gasteiger partial charge in [0, 0.05) is 121 Å². The summed E-state index contributed by atoms with van der Waals surface area (Å²) in [5.41, 5.74) is 0.407. The number of alkyl halides is 3. The zero-order valence-electron chi connectivity index (χ0n) is 43.8. The van der Waals surface area contributed by atoms with E-state index in [2.05, 4.69) is 31.2 Å². The Balaban J connectivity index is 0.682. The number of amides is 5. The van der Waals surface area contributed by atoms with Crippen LogP contribution in [0.4, 0.5) is 13.2 Å². The molecule has 4 N–H and O–H groups in total. The van der Waals surface area contributed by atoms with Crippen LogP contribution >= 0.6 is 0 Å². The van der Waals surface area contributed by atoms with E-state index in [1.165, 1.54) is 0 Å². The van der Waals surface area contributed by atoms with E-state index in [-0.39, 0.29) is 90.9 Å². The molecule has 0 radical (unpaired) electrons. The number of nitrogens with zero attached hydrogens (tertiary/aromatic N) is 4. The van der Waals surface area contributed by atoms with Gasteiger partial charge in [0.25, 0.3) is 0 Å². The fourth-order valence-corrected chi connectivity index (χ4v) is 12.6. The van der Waals surface area contributed by atoms with Crippen LogP contribution in [0, 0.1) is 17.3 Å². The minimum absolute atomic E-state index is 0.00377. The van der Waals surface area contributed by atoms with Crippen LogP contribution in [-0.2, 0) is 62.1 Å². The van der Waals surface area contributed by atoms with Crippen LogP contribution in [0.3, 0.4) is 0 Å². The number of nitrogens with one attached hydrogen (secondary N) is 4. The zero-order valence-corrected chi connectivity index (χ0v) is 43.8. The first kappa shape index (κ1) is 56.4. The Morgan fingerprint density at radius 1 is 0.893 bits per heavy atom. The molecular formula is C55H79F3N8O9. The quantitative estimate of drug-likeness (QED) is 0.105. The highest BCUT2D eigenvalue weighted by Gasteiger charge is 2.48. The Morgan fingerprint density at radius 2 is 1.65 bits per heavy atom. The summed E-state index contributed by atoms with van der Waals surface area (Å²) in [6.07, 6.45) is 12.6. The third-order valence-corrected chi connectivity index (χ3v) is 16.8. The third-order valence-electron chi connectivity index (χ3n) is 16.8. The molecular weight excluding hydrogens is 974 g/mol. The van der Waals surface area contributed by atoms with Gasteiger partial charge in [-0.3, -0.25) is 33.9 Å². The van der Waals surface area contributed by atoms with Crippen LogP contribution in [0.25, 0.3) is 0 Å². The average molecular weight is 1050 g/mol. The fraction of sp³-hybridized carbons (Fsp3) is 0.727. The predicted octanol–water partition coefficient (Wildman–Crippen LogP) is 5.73. The molecule has 2 saturated heterocycles. The number of hydrogen-bond acceptors (Lipinski definition) is 12. The predicted molar refractivity (Wildman–Crippen MR) is 270 cm³/mol. The minimum atomic E-state index is -4.52. The fourth-order valence-electron chi connectivity index (χ4n) is 12.6. The van der Waals surface area contributed by atoms with Gasteiger partial charge in [0.1, 0.15) is 0 Å². The van der Waals surface area contributed by atoms with Crippen molar-refractivity contribution >= 4 is 29.5 Å². The van der Waals surface area contributed by atoms with Crippen LogP contribution in [0.15, 0.2) is 36.8 Å². The van der Waals surface area contributed by atoms with E-state index in [4.69, 9.17) is 18.9 Å². The SMILES string of the molecule is CO[C@@H]1COCC[C@@H]1N[C@@H]1CC[C@](CCCCNC(=O)[C@H]2CC[C@H](NC(=O)CCCO[C@H]3CC[C@H](OCCNC(=O)[C@H]4CC(=O)N(C)[C@@H]4c4cccnc4)CC3)CC2)(C(=O)N2CCc3ncc(C(F)(F)F)cc3C2)C1. The van der Waals surface area contributed by atoms with Crippen molar-refractivity contribution in [3.05, 3.63) is 59.2 Å². The second-order valence-corrected chi connectivity index (χ2v) is 21.9. The van der Waals surface area contributed by atoms with Gasteiger partial charge in [-0.2, -0.15) is 13.2 Å². The molecule has 0 bridgehead atoms. The Labute approximate surface area is 439 Å². The number of halogens is 3. The maximum atomic E-state index is 14.6. The van der Waals surface area contributed by atoms with Gasteiger partial charge in [-0.25, -0.2) is 0 Å². The van der Waals surface area contributed by atoms with Gasteiger partial charge < -0.3 is 50.0 Å². The van der Waals surface area contributed by atoms with Crippen molar-refractivity contribution in [2.45, 2.75) is 177 Å². The smallest absolute Gasteiger partial charge is 0.379 e. The first-order valence-electron chi connectivity index (χ1n) is 27.6. The van der Waals surface area contributed by atoms with Crippen molar-refractivity contribution in [1.82, 2.24) is 41.0 Å². The Kier molecular flexibility index (Phi) is 20.0. The molecule has 0 aromatic carbocycles. The number of ether oxygens (including phenoxy) is 4. The summed E-state index contributed by atoms with van der Waals surface area (Å²) in [6.45, 7) is 3.39. The average Bonchev–Trinajstić information content (AvgIpc) is 3.98. The molecule has 2 aromatic heterocycles. The van der Waals surface area contributed by atoms with E-state index in [0.29, 0.717) is 122 Å². The number of carbonyl (C=O) groups excluding carboxylic acids is 5. The van der Waals surface area contributed by atoms with Crippen LogP contribution in [0.2, 0.25) is 0 Å². The number of hydrogen-bond donors (Lipinski definition) is 4. The lowest BCUT2D eigenvalue weighted by atomic mass is 9.78. The second kappa shape index (κ2) is 26.5. The Bertz CT molecular complexity index is 2230. The third kappa shape index (κ3) is 15.0. The van der Waals surface area contributed by atoms with Gasteiger partial charge in [-0.15, -0.1) is 0 Å². The molecule has 6 aliphatic rings. The molecule has 3 saturated carbocycles. The molecule has 20 heteroatoms.